The Bertz CT molecular complexity index is 955. The topological polar surface area (TPSA) is 90.7 Å². The lowest BCUT2D eigenvalue weighted by atomic mass is 9.91. The van der Waals surface area contributed by atoms with E-state index in [1.54, 1.807) is 0 Å². The lowest BCUT2D eigenvalue weighted by Gasteiger charge is -2.38. The van der Waals surface area contributed by atoms with Crippen molar-refractivity contribution in [3.8, 4) is 0 Å². The maximum Gasteiger partial charge on any atom is 0.255 e. The van der Waals surface area contributed by atoms with Crippen molar-refractivity contribution in [3.63, 3.8) is 0 Å². The maximum absolute atomic E-state index is 12.7. The molecule has 1 atom stereocenters. The Morgan fingerprint density at radius 1 is 1.21 bits per heavy atom. The summed E-state index contributed by atoms with van der Waals surface area (Å²) in [6.07, 6.45) is 14.8. The van der Waals surface area contributed by atoms with Crippen molar-refractivity contribution in [1.82, 2.24) is 19.4 Å². The van der Waals surface area contributed by atoms with Gasteiger partial charge in [-0.15, -0.1) is 0 Å². The van der Waals surface area contributed by atoms with Crippen LogP contribution < -0.4 is 10.9 Å². The second kappa shape index (κ2) is 11.3. The number of rotatable bonds is 9. The van der Waals surface area contributed by atoms with Crippen LogP contribution in [0.1, 0.15) is 58.3 Å². The molecule has 34 heavy (non-hydrogen) atoms. The van der Waals surface area contributed by atoms with Gasteiger partial charge in [0.05, 0.1) is 18.5 Å². The molecule has 3 aliphatic rings. The first-order chi connectivity index (χ1) is 16.4. The van der Waals surface area contributed by atoms with E-state index < -0.39 is 5.60 Å². The highest BCUT2D eigenvalue weighted by atomic mass is 16.3. The molecule has 186 valence electrons. The van der Waals surface area contributed by atoms with Gasteiger partial charge in [0.15, 0.2) is 0 Å². The number of hydrogen-bond acceptors (Lipinski definition) is 6. The molecular formula is C26H39N5O3. The van der Waals surface area contributed by atoms with E-state index in [1.807, 2.05) is 4.90 Å². The van der Waals surface area contributed by atoms with Crippen LogP contribution in [-0.4, -0.2) is 74.7 Å². The molecule has 3 heterocycles. The molecule has 0 bridgehead atoms. The summed E-state index contributed by atoms with van der Waals surface area (Å²) in [5.74, 6) is 0.710. The number of anilines is 1. The lowest BCUT2D eigenvalue weighted by Crippen LogP contribution is -2.49. The van der Waals surface area contributed by atoms with E-state index in [2.05, 4.69) is 40.4 Å². The predicted molar refractivity (Wildman–Crippen MR) is 134 cm³/mol. The Labute approximate surface area is 202 Å². The van der Waals surface area contributed by atoms with Crippen LogP contribution in [0, 0.1) is 0 Å². The summed E-state index contributed by atoms with van der Waals surface area (Å²) in [4.78, 5) is 34.0. The zero-order valence-electron chi connectivity index (χ0n) is 20.4. The van der Waals surface area contributed by atoms with Crippen LogP contribution in [0.3, 0.4) is 0 Å². The summed E-state index contributed by atoms with van der Waals surface area (Å²) >= 11 is 0. The van der Waals surface area contributed by atoms with Crippen LogP contribution in [0.25, 0.3) is 0 Å². The largest absolute Gasteiger partial charge is 0.388 e. The van der Waals surface area contributed by atoms with Crippen molar-refractivity contribution in [2.45, 2.75) is 76.5 Å². The van der Waals surface area contributed by atoms with E-state index in [4.69, 9.17) is 0 Å². The molecule has 2 N–H and O–H groups in total. The first-order valence-corrected chi connectivity index (χ1v) is 12.8. The third-order valence-electron chi connectivity index (χ3n) is 7.43. The van der Waals surface area contributed by atoms with E-state index in [1.165, 1.54) is 35.4 Å². The van der Waals surface area contributed by atoms with Gasteiger partial charge in [-0.1, -0.05) is 23.8 Å². The van der Waals surface area contributed by atoms with Crippen molar-refractivity contribution in [3.05, 3.63) is 46.5 Å². The van der Waals surface area contributed by atoms with Gasteiger partial charge < -0.3 is 15.3 Å². The molecule has 0 aromatic carbocycles. The van der Waals surface area contributed by atoms with Crippen molar-refractivity contribution in [2.24, 2.45) is 0 Å². The predicted octanol–water partition coefficient (Wildman–Crippen LogP) is 2.55. The van der Waals surface area contributed by atoms with Crippen molar-refractivity contribution in [2.75, 3.05) is 38.0 Å². The van der Waals surface area contributed by atoms with Crippen LogP contribution in [0.15, 0.2) is 41.0 Å². The Hall–Kier alpha value is -2.45. The van der Waals surface area contributed by atoms with Gasteiger partial charge in [0, 0.05) is 38.2 Å². The summed E-state index contributed by atoms with van der Waals surface area (Å²) in [5.41, 5.74) is 0.0614. The third kappa shape index (κ3) is 6.57. The number of allylic oxidation sites excluding steroid dienone is 4. The molecule has 1 amide bonds. The zero-order chi connectivity index (χ0) is 24.0. The monoisotopic (exact) mass is 469 g/mol. The fourth-order valence-corrected chi connectivity index (χ4v) is 5.12. The average molecular weight is 470 g/mol. The Morgan fingerprint density at radius 2 is 1.97 bits per heavy atom. The van der Waals surface area contributed by atoms with E-state index >= 15 is 0 Å². The maximum atomic E-state index is 12.7. The second-order valence-electron chi connectivity index (χ2n) is 10.1. The standard InChI is InChI=1S/C26H39N5O3/c1-21(29-13-5-6-14-29)18-27-23-17-25(33)31(20-28-23)19-26(34)11-15-30(16-12-26)24(32)10-9-22-7-3-2-4-8-22/h3,7-8,17,20-21,27,34H,2,4-6,9-16,18-19H2,1H3. The Kier molecular flexibility index (Phi) is 8.21. The van der Waals surface area contributed by atoms with E-state index in [-0.39, 0.29) is 18.0 Å². The van der Waals surface area contributed by atoms with Gasteiger partial charge >= 0.3 is 0 Å². The molecule has 8 nitrogen and oxygen atoms in total. The number of aromatic nitrogens is 2. The second-order valence-corrected chi connectivity index (χ2v) is 10.1. The highest BCUT2D eigenvalue weighted by Crippen LogP contribution is 2.25. The summed E-state index contributed by atoms with van der Waals surface area (Å²) < 4.78 is 1.48. The van der Waals surface area contributed by atoms with Crippen LogP contribution >= 0.6 is 0 Å². The molecule has 0 radical (unpaired) electrons. The zero-order valence-corrected chi connectivity index (χ0v) is 20.4. The van der Waals surface area contributed by atoms with Crippen LogP contribution in [-0.2, 0) is 11.3 Å². The Morgan fingerprint density at radius 3 is 2.65 bits per heavy atom. The summed E-state index contributed by atoms with van der Waals surface area (Å²) in [7, 11) is 0. The van der Waals surface area contributed by atoms with Gasteiger partial charge in [-0.05, 0) is 65.0 Å². The number of likely N-dealkylation sites (tertiary alicyclic amines) is 2. The quantitative estimate of drug-likeness (QED) is 0.578. The molecule has 1 unspecified atom stereocenters. The summed E-state index contributed by atoms with van der Waals surface area (Å²) in [5, 5.41) is 14.4. The van der Waals surface area contributed by atoms with Crippen LogP contribution in [0.2, 0.25) is 0 Å². The number of nitrogens with one attached hydrogen (secondary N) is 1. The van der Waals surface area contributed by atoms with E-state index in [0.717, 1.165) is 38.9 Å². The van der Waals surface area contributed by atoms with Gasteiger partial charge in [0.25, 0.3) is 5.56 Å². The highest BCUT2D eigenvalue weighted by molar-refractivity contribution is 5.76. The molecular weight excluding hydrogens is 430 g/mol. The van der Waals surface area contributed by atoms with Crippen LogP contribution in [0.4, 0.5) is 5.82 Å². The van der Waals surface area contributed by atoms with Gasteiger partial charge in [-0.25, -0.2) is 4.98 Å². The van der Waals surface area contributed by atoms with E-state index in [0.29, 0.717) is 44.2 Å². The third-order valence-corrected chi connectivity index (χ3v) is 7.43. The minimum atomic E-state index is -1.00. The first kappa shape index (κ1) is 24.7. The van der Waals surface area contributed by atoms with Gasteiger partial charge in [-0.2, -0.15) is 0 Å². The number of aliphatic hydroxyl groups is 1. The Balaban J connectivity index is 1.24. The van der Waals surface area contributed by atoms with Crippen molar-refractivity contribution in [1.29, 1.82) is 0 Å². The first-order valence-electron chi connectivity index (χ1n) is 12.8. The molecule has 1 aromatic rings. The molecule has 8 heteroatoms. The van der Waals surface area contributed by atoms with Crippen molar-refractivity contribution >= 4 is 11.7 Å². The number of piperidine rings is 1. The normalized spacial score (nSPS) is 21.4. The number of amides is 1. The lowest BCUT2D eigenvalue weighted by molar-refractivity contribution is -0.135. The highest BCUT2D eigenvalue weighted by Gasteiger charge is 2.34. The average Bonchev–Trinajstić information content (AvgIpc) is 3.39. The fourth-order valence-electron chi connectivity index (χ4n) is 5.12. The molecule has 2 fully saturated rings. The molecule has 1 aromatic heterocycles. The van der Waals surface area contributed by atoms with Crippen LogP contribution in [0.5, 0.6) is 0 Å². The molecule has 2 saturated heterocycles. The van der Waals surface area contributed by atoms with Gasteiger partial charge in [0.2, 0.25) is 5.91 Å². The molecule has 2 aliphatic heterocycles. The molecule has 0 saturated carbocycles. The molecule has 1 aliphatic carbocycles. The fraction of sp³-hybridized carbons (Fsp3) is 0.654. The molecule has 4 rings (SSSR count). The minimum absolute atomic E-state index is 0.138. The minimum Gasteiger partial charge on any atom is -0.388 e. The van der Waals surface area contributed by atoms with Crippen molar-refractivity contribution < 1.29 is 9.90 Å². The SMILES string of the molecule is CC(CNc1cc(=O)n(CC2(O)CCN(C(=O)CCC3=CCCC=C3)CC2)cn1)N1CCCC1. The molecule has 0 spiro atoms. The number of nitrogens with zero attached hydrogens (tertiary/aromatic N) is 4. The number of carbonyl (C=O) groups is 1. The summed E-state index contributed by atoms with van der Waals surface area (Å²) in [6, 6.07) is 1.91. The summed E-state index contributed by atoms with van der Waals surface area (Å²) in [6.45, 7) is 6.43. The van der Waals surface area contributed by atoms with E-state index in [9.17, 15) is 14.7 Å². The van der Waals surface area contributed by atoms with Gasteiger partial charge in [0.1, 0.15) is 5.82 Å². The smallest absolute Gasteiger partial charge is 0.255 e. The number of carbonyl (C=O) groups excluding carboxylic acids is 1. The van der Waals surface area contributed by atoms with Gasteiger partial charge in [-0.3, -0.25) is 19.1 Å². The number of hydrogen-bond donors (Lipinski definition) is 2.